The SMILES string of the molecule is CCCCCc1cc(CCCCC)c2cc(S(=O)(=O)[O-])ccc2c1.[Na+]. The van der Waals surface area contributed by atoms with Gasteiger partial charge in [-0.1, -0.05) is 57.7 Å². The zero-order valence-corrected chi connectivity index (χ0v) is 18.5. The summed E-state index contributed by atoms with van der Waals surface area (Å²) in [5.41, 5.74) is 2.47. The summed E-state index contributed by atoms with van der Waals surface area (Å²) >= 11 is 0. The molecule has 0 radical (unpaired) electrons. The van der Waals surface area contributed by atoms with Gasteiger partial charge in [-0.25, -0.2) is 8.42 Å². The molecule has 0 heterocycles. The normalized spacial score (nSPS) is 11.5. The van der Waals surface area contributed by atoms with Gasteiger partial charge in [0.2, 0.25) is 0 Å². The molecule has 2 rings (SSSR count). The van der Waals surface area contributed by atoms with Crippen molar-refractivity contribution in [2.45, 2.75) is 70.1 Å². The molecule has 0 aliphatic rings. The van der Waals surface area contributed by atoms with Gasteiger partial charge in [0.1, 0.15) is 10.1 Å². The third-order valence-corrected chi connectivity index (χ3v) is 5.31. The molecule has 0 N–H and O–H groups in total. The summed E-state index contributed by atoms with van der Waals surface area (Å²) in [6.45, 7) is 4.36. The van der Waals surface area contributed by atoms with Crippen LogP contribution in [0.4, 0.5) is 0 Å². The van der Waals surface area contributed by atoms with Crippen LogP contribution in [0.3, 0.4) is 0 Å². The molecule has 0 amide bonds. The standard InChI is InChI=1S/C20H28O3S.Na/c1-3-5-7-9-16-13-17(10-8-6-4-2)20-15-19(24(21,22)23)12-11-18(20)14-16;/h11-15H,3-10H2,1-2H3,(H,21,22,23);/q;+1/p-1. The Kier molecular flexibility index (Phi) is 9.68. The zero-order valence-electron chi connectivity index (χ0n) is 15.7. The van der Waals surface area contributed by atoms with E-state index in [0.717, 1.165) is 48.4 Å². The first-order valence-electron chi connectivity index (χ1n) is 8.97. The average molecular weight is 370 g/mol. The van der Waals surface area contributed by atoms with Crippen molar-refractivity contribution in [1.29, 1.82) is 0 Å². The van der Waals surface area contributed by atoms with E-state index >= 15 is 0 Å². The minimum atomic E-state index is -4.41. The maximum Gasteiger partial charge on any atom is 1.00 e. The third kappa shape index (κ3) is 6.69. The predicted molar refractivity (Wildman–Crippen MR) is 98.4 cm³/mol. The second-order valence-corrected chi connectivity index (χ2v) is 7.89. The van der Waals surface area contributed by atoms with Gasteiger partial charge in [0, 0.05) is 0 Å². The van der Waals surface area contributed by atoms with Crippen LogP contribution in [0.1, 0.15) is 63.5 Å². The van der Waals surface area contributed by atoms with Crippen LogP contribution >= 0.6 is 0 Å². The van der Waals surface area contributed by atoms with Gasteiger partial charge in [0.15, 0.2) is 0 Å². The topological polar surface area (TPSA) is 57.2 Å². The molecular weight excluding hydrogens is 343 g/mol. The number of hydrogen-bond donors (Lipinski definition) is 0. The molecule has 2 aromatic carbocycles. The second-order valence-electron chi connectivity index (χ2n) is 6.51. The van der Waals surface area contributed by atoms with Crippen molar-refractivity contribution in [2.75, 3.05) is 0 Å². The van der Waals surface area contributed by atoms with Crippen molar-refractivity contribution < 1.29 is 42.5 Å². The fourth-order valence-electron chi connectivity index (χ4n) is 3.13. The van der Waals surface area contributed by atoms with Crippen molar-refractivity contribution in [3.8, 4) is 0 Å². The number of aryl methyl sites for hydroxylation is 2. The molecule has 0 saturated carbocycles. The first kappa shape index (κ1) is 22.7. The van der Waals surface area contributed by atoms with Gasteiger partial charge in [-0.2, -0.15) is 0 Å². The molecule has 0 fully saturated rings. The van der Waals surface area contributed by atoms with Gasteiger partial charge in [-0.05, 0) is 59.7 Å². The Hall–Kier alpha value is -0.390. The van der Waals surface area contributed by atoms with Gasteiger partial charge in [0.05, 0.1) is 4.90 Å². The summed E-state index contributed by atoms with van der Waals surface area (Å²) in [4.78, 5) is -0.134. The molecule has 0 spiro atoms. The van der Waals surface area contributed by atoms with Gasteiger partial charge in [0.25, 0.3) is 0 Å². The van der Waals surface area contributed by atoms with Crippen molar-refractivity contribution >= 4 is 20.9 Å². The molecule has 25 heavy (non-hydrogen) atoms. The smallest absolute Gasteiger partial charge is 0.744 e. The van der Waals surface area contributed by atoms with Gasteiger partial charge in [-0.3, -0.25) is 0 Å². The van der Waals surface area contributed by atoms with Crippen molar-refractivity contribution in [3.05, 3.63) is 41.5 Å². The minimum absolute atomic E-state index is 0. The molecular formula is C20H27NaO3S. The van der Waals surface area contributed by atoms with Gasteiger partial charge >= 0.3 is 29.6 Å². The number of hydrogen-bond acceptors (Lipinski definition) is 3. The molecule has 5 heteroatoms. The second kappa shape index (κ2) is 10.7. The van der Waals surface area contributed by atoms with E-state index in [-0.39, 0.29) is 34.5 Å². The number of fused-ring (bicyclic) bond motifs is 1. The van der Waals surface area contributed by atoms with E-state index in [1.165, 1.54) is 30.9 Å². The summed E-state index contributed by atoms with van der Waals surface area (Å²) in [6, 6.07) is 9.09. The summed E-state index contributed by atoms with van der Waals surface area (Å²) < 4.78 is 34.0. The van der Waals surface area contributed by atoms with E-state index in [9.17, 15) is 13.0 Å². The summed E-state index contributed by atoms with van der Waals surface area (Å²) in [5, 5.41) is 1.94. The van der Waals surface area contributed by atoms with Crippen molar-refractivity contribution in [3.63, 3.8) is 0 Å². The van der Waals surface area contributed by atoms with Crippen LogP contribution in [-0.4, -0.2) is 13.0 Å². The molecule has 0 aliphatic carbocycles. The Bertz CT molecular complexity index is 785. The van der Waals surface area contributed by atoms with Crippen LogP contribution in [-0.2, 0) is 23.0 Å². The Morgan fingerprint density at radius 3 is 2.12 bits per heavy atom. The molecule has 3 nitrogen and oxygen atoms in total. The average Bonchev–Trinajstić information content (AvgIpc) is 2.54. The van der Waals surface area contributed by atoms with Crippen LogP contribution in [0.15, 0.2) is 35.2 Å². The van der Waals surface area contributed by atoms with E-state index in [4.69, 9.17) is 0 Å². The van der Waals surface area contributed by atoms with Crippen LogP contribution in [0.5, 0.6) is 0 Å². The van der Waals surface area contributed by atoms with Crippen molar-refractivity contribution in [2.24, 2.45) is 0 Å². The van der Waals surface area contributed by atoms with Crippen LogP contribution in [0.25, 0.3) is 10.8 Å². The summed E-state index contributed by atoms with van der Waals surface area (Å²) in [6.07, 6.45) is 8.94. The molecule has 132 valence electrons. The summed E-state index contributed by atoms with van der Waals surface area (Å²) in [7, 11) is -4.41. The van der Waals surface area contributed by atoms with E-state index in [1.807, 2.05) is 0 Å². The molecule has 0 saturated heterocycles. The first-order chi connectivity index (χ1) is 11.5. The van der Waals surface area contributed by atoms with Crippen LogP contribution in [0, 0.1) is 0 Å². The van der Waals surface area contributed by atoms with Gasteiger partial charge < -0.3 is 4.55 Å². The van der Waals surface area contributed by atoms with Crippen LogP contribution < -0.4 is 29.6 Å². The van der Waals surface area contributed by atoms with E-state index in [1.54, 1.807) is 12.1 Å². The molecule has 0 aromatic heterocycles. The molecule has 0 unspecified atom stereocenters. The van der Waals surface area contributed by atoms with Crippen LogP contribution in [0.2, 0.25) is 0 Å². The quantitative estimate of drug-likeness (QED) is 0.386. The number of benzene rings is 2. The maximum atomic E-state index is 11.3. The maximum absolute atomic E-state index is 11.3. The number of rotatable bonds is 9. The fraction of sp³-hybridized carbons (Fsp3) is 0.500. The van der Waals surface area contributed by atoms with E-state index in [2.05, 4.69) is 26.0 Å². The summed E-state index contributed by atoms with van der Waals surface area (Å²) in [5.74, 6) is 0. The van der Waals surface area contributed by atoms with Crippen molar-refractivity contribution in [1.82, 2.24) is 0 Å². The minimum Gasteiger partial charge on any atom is -0.744 e. The number of unbranched alkanes of at least 4 members (excludes halogenated alkanes) is 4. The molecule has 2 aromatic rings. The molecule has 0 aliphatic heterocycles. The Morgan fingerprint density at radius 2 is 1.52 bits per heavy atom. The van der Waals surface area contributed by atoms with Gasteiger partial charge in [-0.15, -0.1) is 0 Å². The Balaban J connectivity index is 0.00000312. The molecule has 0 atom stereocenters. The fourth-order valence-corrected chi connectivity index (χ4v) is 3.63. The van der Waals surface area contributed by atoms with E-state index in [0.29, 0.717) is 0 Å². The van der Waals surface area contributed by atoms with E-state index < -0.39 is 10.1 Å². The predicted octanol–water partition coefficient (Wildman–Crippen LogP) is 2.21. The molecule has 0 bridgehead atoms. The zero-order chi connectivity index (χ0) is 17.6. The third-order valence-electron chi connectivity index (χ3n) is 4.48. The first-order valence-corrected chi connectivity index (χ1v) is 10.4. The largest absolute Gasteiger partial charge is 1.00 e. The monoisotopic (exact) mass is 370 g/mol. The Labute approximate surface area is 174 Å². The Morgan fingerprint density at radius 1 is 0.880 bits per heavy atom.